The lowest BCUT2D eigenvalue weighted by atomic mass is 10.0. The highest BCUT2D eigenvalue weighted by Gasteiger charge is 2.18. The molecule has 1 fully saturated rings. The molecule has 1 aliphatic heterocycles. The van der Waals surface area contributed by atoms with Gasteiger partial charge in [-0.05, 0) is 57.3 Å². The first-order valence-electron chi connectivity index (χ1n) is 6.65. The van der Waals surface area contributed by atoms with Crippen LogP contribution in [0.5, 0.6) is 0 Å². The zero-order valence-corrected chi connectivity index (χ0v) is 11.1. The summed E-state index contributed by atoms with van der Waals surface area (Å²) < 4.78 is 0. The molecule has 0 saturated carbocycles. The van der Waals surface area contributed by atoms with Crippen LogP contribution in [0.25, 0.3) is 5.57 Å². The van der Waals surface area contributed by atoms with Gasteiger partial charge in [0.15, 0.2) is 0 Å². The van der Waals surface area contributed by atoms with E-state index in [4.69, 9.17) is 0 Å². The fourth-order valence-electron chi connectivity index (χ4n) is 2.62. The van der Waals surface area contributed by atoms with Crippen LogP contribution in [0.2, 0.25) is 0 Å². The molecule has 0 amide bonds. The molecule has 1 heteroatoms. The lowest BCUT2D eigenvalue weighted by Gasteiger charge is -2.23. The number of rotatable bonds is 4. The quantitative estimate of drug-likeness (QED) is 0.760. The SMILES string of the molecule is C=C(C)c1cccc(CC(C)N2CCCC2)c1. The first-order valence-corrected chi connectivity index (χ1v) is 6.65. The van der Waals surface area contributed by atoms with Crippen molar-refractivity contribution in [3.8, 4) is 0 Å². The Bertz CT molecular complexity index is 388. The Labute approximate surface area is 105 Å². The molecule has 17 heavy (non-hydrogen) atoms. The van der Waals surface area contributed by atoms with Gasteiger partial charge in [-0.2, -0.15) is 0 Å². The van der Waals surface area contributed by atoms with Gasteiger partial charge in [-0.3, -0.25) is 0 Å². The van der Waals surface area contributed by atoms with E-state index in [9.17, 15) is 0 Å². The van der Waals surface area contributed by atoms with Crippen LogP contribution in [0.3, 0.4) is 0 Å². The molecule has 1 heterocycles. The minimum Gasteiger partial charge on any atom is -0.300 e. The Balaban J connectivity index is 2.02. The van der Waals surface area contributed by atoms with Crippen molar-refractivity contribution >= 4 is 5.57 Å². The topological polar surface area (TPSA) is 3.24 Å². The van der Waals surface area contributed by atoms with Crippen molar-refractivity contribution in [3.63, 3.8) is 0 Å². The zero-order chi connectivity index (χ0) is 12.3. The van der Waals surface area contributed by atoms with Gasteiger partial charge >= 0.3 is 0 Å². The Morgan fingerprint density at radius 1 is 1.35 bits per heavy atom. The minimum absolute atomic E-state index is 0.665. The van der Waals surface area contributed by atoms with E-state index in [2.05, 4.69) is 49.6 Å². The number of likely N-dealkylation sites (tertiary alicyclic amines) is 1. The summed E-state index contributed by atoms with van der Waals surface area (Å²) in [7, 11) is 0. The number of nitrogens with zero attached hydrogens (tertiary/aromatic N) is 1. The van der Waals surface area contributed by atoms with Gasteiger partial charge in [-0.1, -0.05) is 36.4 Å². The Morgan fingerprint density at radius 2 is 2.06 bits per heavy atom. The largest absolute Gasteiger partial charge is 0.300 e. The highest BCUT2D eigenvalue weighted by atomic mass is 15.2. The second kappa shape index (κ2) is 5.50. The smallest absolute Gasteiger partial charge is 0.0107 e. The van der Waals surface area contributed by atoms with Gasteiger partial charge < -0.3 is 4.90 Å². The molecule has 0 aromatic heterocycles. The maximum atomic E-state index is 4.01. The van der Waals surface area contributed by atoms with Crippen molar-refractivity contribution in [1.82, 2.24) is 4.90 Å². The third-order valence-corrected chi connectivity index (χ3v) is 3.71. The fraction of sp³-hybridized carbons (Fsp3) is 0.500. The van der Waals surface area contributed by atoms with E-state index in [1.807, 2.05) is 0 Å². The molecule has 1 aliphatic rings. The molecule has 0 spiro atoms. The predicted molar refractivity (Wildman–Crippen MR) is 75.1 cm³/mol. The monoisotopic (exact) mass is 229 g/mol. The highest BCUT2D eigenvalue weighted by molar-refractivity contribution is 5.61. The summed E-state index contributed by atoms with van der Waals surface area (Å²) in [6.07, 6.45) is 3.90. The summed E-state index contributed by atoms with van der Waals surface area (Å²) in [6, 6.07) is 9.48. The summed E-state index contributed by atoms with van der Waals surface area (Å²) in [5, 5.41) is 0. The Morgan fingerprint density at radius 3 is 2.71 bits per heavy atom. The summed E-state index contributed by atoms with van der Waals surface area (Å²) in [5.41, 5.74) is 3.86. The van der Waals surface area contributed by atoms with Crippen LogP contribution >= 0.6 is 0 Å². The molecule has 0 radical (unpaired) electrons. The fourth-order valence-corrected chi connectivity index (χ4v) is 2.62. The first kappa shape index (κ1) is 12.4. The van der Waals surface area contributed by atoms with E-state index in [1.165, 1.54) is 37.1 Å². The van der Waals surface area contributed by atoms with Crippen LogP contribution in [0.15, 0.2) is 30.8 Å². The number of hydrogen-bond donors (Lipinski definition) is 0. The van der Waals surface area contributed by atoms with Crippen LogP contribution < -0.4 is 0 Å². The molecule has 1 aromatic carbocycles. The molecule has 1 unspecified atom stereocenters. The van der Waals surface area contributed by atoms with Gasteiger partial charge in [0, 0.05) is 6.04 Å². The van der Waals surface area contributed by atoms with E-state index in [-0.39, 0.29) is 0 Å². The third-order valence-electron chi connectivity index (χ3n) is 3.71. The highest BCUT2D eigenvalue weighted by Crippen LogP contribution is 2.18. The minimum atomic E-state index is 0.665. The summed E-state index contributed by atoms with van der Waals surface area (Å²) in [5.74, 6) is 0. The third kappa shape index (κ3) is 3.19. The Kier molecular flexibility index (Phi) is 4.01. The maximum absolute atomic E-state index is 4.01. The van der Waals surface area contributed by atoms with Crippen molar-refractivity contribution < 1.29 is 0 Å². The van der Waals surface area contributed by atoms with Crippen molar-refractivity contribution in [1.29, 1.82) is 0 Å². The molecule has 0 aliphatic carbocycles. The maximum Gasteiger partial charge on any atom is 0.0107 e. The molecule has 1 nitrogen and oxygen atoms in total. The molecule has 1 saturated heterocycles. The molecule has 92 valence electrons. The zero-order valence-electron chi connectivity index (χ0n) is 11.1. The second-order valence-corrected chi connectivity index (χ2v) is 5.28. The van der Waals surface area contributed by atoms with E-state index in [0.717, 1.165) is 12.0 Å². The van der Waals surface area contributed by atoms with Crippen LogP contribution in [0.4, 0.5) is 0 Å². The summed E-state index contributed by atoms with van der Waals surface area (Å²) >= 11 is 0. The number of allylic oxidation sites excluding steroid dienone is 1. The van der Waals surface area contributed by atoms with Crippen LogP contribution in [-0.2, 0) is 6.42 Å². The van der Waals surface area contributed by atoms with E-state index >= 15 is 0 Å². The lowest BCUT2D eigenvalue weighted by molar-refractivity contribution is 0.257. The number of benzene rings is 1. The van der Waals surface area contributed by atoms with Gasteiger partial charge in [0.2, 0.25) is 0 Å². The molecule has 0 N–H and O–H groups in total. The van der Waals surface area contributed by atoms with Crippen LogP contribution in [0.1, 0.15) is 37.8 Å². The van der Waals surface area contributed by atoms with Gasteiger partial charge in [0.05, 0.1) is 0 Å². The molecular weight excluding hydrogens is 206 g/mol. The average Bonchev–Trinajstić information content (AvgIpc) is 2.82. The average molecular weight is 229 g/mol. The molecule has 1 atom stereocenters. The summed E-state index contributed by atoms with van der Waals surface area (Å²) in [6.45, 7) is 11.0. The standard InChI is InChI=1S/C16H23N/c1-13(2)16-8-6-7-15(12-16)11-14(3)17-9-4-5-10-17/h6-8,12,14H,1,4-5,9-11H2,2-3H3. The molecular formula is C16H23N. The normalized spacial score (nSPS) is 18.2. The second-order valence-electron chi connectivity index (χ2n) is 5.28. The van der Waals surface area contributed by atoms with E-state index in [1.54, 1.807) is 0 Å². The Hall–Kier alpha value is -1.08. The van der Waals surface area contributed by atoms with Gasteiger partial charge in [0.1, 0.15) is 0 Å². The summed E-state index contributed by atoms with van der Waals surface area (Å²) in [4.78, 5) is 2.60. The van der Waals surface area contributed by atoms with Gasteiger partial charge in [-0.15, -0.1) is 0 Å². The first-order chi connectivity index (χ1) is 8.16. The van der Waals surface area contributed by atoms with Crippen molar-refractivity contribution in [2.45, 2.75) is 39.2 Å². The van der Waals surface area contributed by atoms with Gasteiger partial charge in [0.25, 0.3) is 0 Å². The van der Waals surface area contributed by atoms with Crippen molar-refractivity contribution in [2.24, 2.45) is 0 Å². The molecule has 2 rings (SSSR count). The predicted octanol–water partition coefficient (Wildman–Crippen LogP) is 3.75. The van der Waals surface area contributed by atoms with Crippen LogP contribution in [-0.4, -0.2) is 24.0 Å². The van der Waals surface area contributed by atoms with Crippen LogP contribution in [0, 0.1) is 0 Å². The molecule has 1 aromatic rings. The van der Waals surface area contributed by atoms with Crippen molar-refractivity contribution in [2.75, 3.05) is 13.1 Å². The lowest BCUT2D eigenvalue weighted by Crippen LogP contribution is -2.31. The van der Waals surface area contributed by atoms with Crippen molar-refractivity contribution in [3.05, 3.63) is 42.0 Å². The molecule has 0 bridgehead atoms. The van der Waals surface area contributed by atoms with Gasteiger partial charge in [-0.25, -0.2) is 0 Å². The number of hydrogen-bond acceptors (Lipinski definition) is 1. The van der Waals surface area contributed by atoms with E-state index in [0.29, 0.717) is 6.04 Å². The van der Waals surface area contributed by atoms with E-state index < -0.39 is 0 Å².